The first kappa shape index (κ1) is 23.6. The predicted octanol–water partition coefficient (Wildman–Crippen LogP) is 2.01. The van der Waals surface area contributed by atoms with Gasteiger partial charge in [0.05, 0.1) is 6.26 Å². The Morgan fingerprint density at radius 1 is 1.12 bits per heavy atom. The van der Waals surface area contributed by atoms with Gasteiger partial charge in [0.15, 0.2) is 5.82 Å². The summed E-state index contributed by atoms with van der Waals surface area (Å²) in [5, 5.41) is 10.3. The zero-order valence-electron chi connectivity index (χ0n) is 19.5. The number of H-pyrrole nitrogens is 1. The monoisotopic (exact) mass is 475 g/mol. The minimum Gasteiger partial charge on any atom is -0.342 e. The van der Waals surface area contributed by atoms with Crippen molar-refractivity contribution < 1.29 is 13.2 Å². The lowest BCUT2D eigenvalue weighted by molar-refractivity contribution is -0.138. The van der Waals surface area contributed by atoms with Crippen LogP contribution in [0.25, 0.3) is 0 Å². The second kappa shape index (κ2) is 9.76. The lowest BCUT2D eigenvalue weighted by atomic mass is 9.90. The smallest absolute Gasteiger partial charge is 0.225 e. The van der Waals surface area contributed by atoms with Crippen molar-refractivity contribution in [1.29, 1.82) is 0 Å². The van der Waals surface area contributed by atoms with Gasteiger partial charge in [0.1, 0.15) is 11.6 Å². The normalized spacial score (nSPS) is 20.7. The Labute approximate surface area is 195 Å². The number of sulfonamides is 1. The number of anilines is 2. The van der Waals surface area contributed by atoms with Crippen LogP contribution in [0.4, 0.5) is 11.6 Å². The van der Waals surface area contributed by atoms with Crippen molar-refractivity contribution in [2.24, 2.45) is 11.8 Å². The van der Waals surface area contributed by atoms with Crippen LogP contribution >= 0.6 is 0 Å². The molecule has 2 aromatic rings. The van der Waals surface area contributed by atoms with Gasteiger partial charge >= 0.3 is 0 Å². The Balaban J connectivity index is 1.35. The highest BCUT2D eigenvalue weighted by atomic mass is 32.2. The van der Waals surface area contributed by atoms with Crippen LogP contribution in [-0.4, -0.2) is 76.1 Å². The molecule has 11 heteroatoms. The number of rotatable bonds is 6. The quantitative estimate of drug-likeness (QED) is 0.655. The van der Waals surface area contributed by atoms with Gasteiger partial charge in [0.25, 0.3) is 0 Å². The number of likely N-dealkylation sites (tertiary alicyclic amines) is 1. The third kappa shape index (κ3) is 6.08. The Morgan fingerprint density at radius 3 is 2.55 bits per heavy atom. The van der Waals surface area contributed by atoms with Gasteiger partial charge in [-0.1, -0.05) is 0 Å². The number of amides is 1. The van der Waals surface area contributed by atoms with Gasteiger partial charge < -0.3 is 10.2 Å². The van der Waals surface area contributed by atoms with Crippen LogP contribution in [0.15, 0.2) is 12.1 Å². The van der Waals surface area contributed by atoms with E-state index in [1.807, 2.05) is 30.9 Å². The van der Waals surface area contributed by atoms with Gasteiger partial charge in [0, 0.05) is 55.6 Å². The molecule has 2 aliphatic heterocycles. The summed E-state index contributed by atoms with van der Waals surface area (Å²) in [6, 6.07) is 3.88. The van der Waals surface area contributed by atoms with Crippen LogP contribution in [0.1, 0.15) is 42.9 Å². The highest BCUT2D eigenvalue weighted by Crippen LogP contribution is 2.26. The maximum absolute atomic E-state index is 13.1. The SMILES string of the molecule is Cc1nc(CC2CCCN(C(=O)C3CCN(S(C)(=O)=O)CC3)C2)cc(Nc2cc(C)[nH]n2)n1. The zero-order valence-corrected chi connectivity index (χ0v) is 20.4. The largest absolute Gasteiger partial charge is 0.342 e. The van der Waals surface area contributed by atoms with Crippen molar-refractivity contribution in [1.82, 2.24) is 29.4 Å². The number of piperidine rings is 2. The summed E-state index contributed by atoms with van der Waals surface area (Å²) in [6.07, 6.45) is 5.24. The second-order valence-corrected chi connectivity index (χ2v) is 11.3. The van der Waals surface area contributed by atoms with E-state index in [-0.39, 0.29) is 11.8 Å². The van der Waals surface area contributed by atoms with E-state index in [9.17, 15) is 13.2 Å². The molecule has 10 nitrogen and oxygen atoms in total. The summed E-state index contributed by atoms with van der Waals surface area (Å²) in [4.78, 5) is 24.2. The highest BCUT2D eigenvalue weighted by molar-refractivity contribution is 7.88. The molecule has 0 aromatic carbocycles. The fourth-order valence-electron chi connectivity index (χ4n) is 4.83. The lowest BCUT2D eigenvalue weighted by Crippen LogP contribution is -2.47. The lowest BCUT2D eigenvalue weighted by Gasteiger charge is -2.37. The summed E-state index contributed by atoms with van der Waals surface area (Å²) in [7, 11) is -3.18. The van der Waals surface area contributed by atoms with E-state index in [1.54, 1.807) is 0 Å². The molecule has 33 heavy (non-hydrogen) atoms. The molecule has 2 fully saturated rings. The molecule has 2 N–H and O–H groups in total. The number of aryl methyl sites for hydroxylation is 2. The van der Waals surface area contributed by atoms with E-state index in [1.165, 1.54) is 10.6 Å². The summed E-state index contributed by atoms with van der Waals surface area (Å²) >= 11 is 0. The maximum atomic E-state index is 13.1. The van der Waals surface area contributed by atoms with Crippen LogP contribution in [-0.2, 0) is 21.2 Å². The fourth-order valence-corrected chi connectivity index (χ4v) is 5.71. The minimum atomic E-state index is -3.18. The van der Waals surface area contributed by atoms with Crippen molar-refractivity contribution in [2.75, 3.05) is 37.8 Å². The van der Waals surface area contributed by atoms with Crippen molar-refractivity contribution in [3.05, 3.63) is 29.3 Å². The predicted molar refractivity (Wildman–Crippen MR) is 126 cm³/mol. The first-order valence-electron chi connectivity index (χ1n) is 11.5. The maximum Gasteiger partial charge on any atom is 0.225 e. The number of nitrogens with one attached hydrogen (secondary N) is 2. The van der Waals surface area contributed by atoms with Gasteiger partial charge in [-0.15, -0.1) is 0 Å². The minimum absolute atomic E-state index is 0.0869. The van der Waals surface area contributed by atoms with E-state index in [0.717, 1.165) is 43.7 Å². The molecule has 2 aromatic heterocycles. The number of carbonyl (C=O) groups excluding carboxylic acids is 1. The molecule has 0 radical (unpaired) electrons. The third-order valence-electron chi connectivity index (χ3n) is 6.45. The molecule has 2 saturated heterocycles. The van der Waals surface area contributed by atoms with Crippen LogP contribution in [0.5, 0.6) is 0 Å². The van der Waals surface area contributed by atoms with Crippen molar-refractivity contribution >= 4 is 27.6 Å². The molecule has 1 amide bonds. The van der Waals surface area contributed by atoms with Gasteiger partial charge in [-0.3, -0.25) is 9.89 Å². The molecule has 0 saturated carbocycles. The van der Waals surface area contributed by atoms with Crippen LogP contribution in [0.3, 0.4) is 0 Å². The number of carbonyl (C=O) groups is 1. The Hall–Kier alpha value is -2.53. The first-order valence-corrected chi connectivity index (χ1v) is 13.4. The van der Waals surface area contributed by atoms with Crippen molar-refractivity contribution in [2.45, 2.75) is 46.0 Å². The number of aromatic amines is 1. The van der Waals surface area contributed by atoms with E-state index in [4.69, 9.17) is 0 Å². The van der Waals surface area contributed by atoms with Gasteiger partial charge in [-0.2, -0.15) is 5.10 Å². The number of hydrogen-bond acceptors (Lipinski definition) is 7. The number of nitrogens with zero attached hydrogens (tertiary/aromatic N) is 5. The van der Waals surface area contributed by atoms with Gasteiger partial charge in [0.2, 0.25) is 15.9 Å². The molecule has 0 spiro atoms. The average molecular weight is 476 g/mol. The standard InChI is InChI=1S/C22H33N7O3S/c1-15-11-21(27-26-15)25-20-13-19(23-16(2)24-20)12-17-5-4-8-28(14-17)22(30)18-6-9-29(10-7-18)33(3,31)32/h11,13,17-18H,4-10,12,14H2,1-3H3,(H2,23,24,25,26,27). The molecule has 4 rings (SSSR count). The first-order chi connectivity index (χ1) is 15.7. The van der Waals surface area contributed by atoms with E-state index < -0.39 is 10.0 Å². The fraction of sp³-hybridized carbons (Fsp3) is 0.636. The summed E-state index contributed by atoms with van der Waals surface area (Å²) in [5.41, 5.74) is 1.93. The van der Waals surface area contributed by atoms with Gasteiger partial charge in [-0.05, 0) is 51.9 Å². The summed E-state index contributed by atoms with van der Waals surface area (Å²) in [6.45, 7) is 6.17. The second-order valence-electron chi connectivity index (χ2n) is 9.29. The topological polar surface area (TPSA) is 124 Å². The Kier molecular flexibility index (Phi) is 6.99. The Bertz CT molecular complexity index is 1090. The third-order valence-corrected chi connectivity index (χ3v) is 7.76. The van der Waals surface area contributed by atoms with Gasteiger partial charge in [-0.25, -0.2) is 22.7 Å². The molecule has 1 unspecified atom stereocenters. The molecule has 0 bridgehead atoms. The molecule has 1 atom stereocenters. The van der Waals surface area contributed by atoms with E-state index >= 15 is 0 Å². The number of aromatic nitrogens is 4. The summed E-state index contributed by atoms with van der Waals surface area (Å²) in [5.74, 6) is 2.55. The van der Waals surface area contributed by atoms with Crippen molar-refractivity contribution in [3.8, 4) is 0 Å². The van der Waals surface area contributed by atoms with Crippen LogP contribution in [0, 0.1) is 25.7 Å². The molecule has 4 heterocycles. The highest BCUT2D eigenvalue weighted by Gasteiger charge is 2.33. The van der Waals surface area contributed by atoms with E-state index in [2.05, 4.69) is 25.5 Å². The molecule has 2 aliphatic rings. The molecule has 180 valence electrons. The van der Waals surface area contributed by atoms with Crippen LogP contribution < -0.4 is 5.32 Å². The van der Waals surface area contributed by atoms with E-state index in [0.29, 0.717) is 49.3 Å². The summed E-state index contributed by atoms with van der Waals surface area (Å²) < 4.78 is 25.0. The average Bonchev–Trinajstić information content (AvgIpc) is 3.17. The number of hydrogen-bond donors (Lipinski definition) is 2. The zero-order chi connectivity index (χ0) is 23.6. The van der Waals surface area contributed by atoms with Crippen LogP contribution in [0.2, 0.25) is 0 Å². The molecule has 0 aliphatic carbocycles. The molecular formula is C22H33N7O3S. The Morgan fingerprint density at radius 2 is 1.88 bits per heavy atom. The van der Waals surface area contributed by atoms with Crippen molar-refractivity contribution in [3.63, 3.8) is 0 Å². The molecular weight excluding hydrogens is 442 g/mol.